The smallest absolute Gasteiger partial charge is 0.258 e. The van der Waals surface area contributed by atoms with Crippen LogP contribution in [-0.4, -0.2) is 44.2 Å². The highest BCUT2D eigenvalue weighted by Gasteiger charge is 2.48. The second kappa shape index (κ2) is 7.84. The molecule has 2 heterocycles. The van der Waals surface area contributed by atoms with E-state index in [-0.39, 0.29) is 29.4 Å². The number of nitrogens with zero attached hydrogens (tertiary/aromatic N) is 2. The number of halogens is 3. The lowest BCUT2D eigenvalue weighted by Crippen LogP contribution is -2.42. The SMILES string of the molecule is O=C(c1cccc(S(=O)(=O)N2CCC(F)(F)CC2)c1)N1CC2(CCCC2)c2c(F)cccc21. The van der Waals surface area contributed by atoms with E-state index in [1.165, 1.54) is 30.3 Å². The van der Waals surface area contributed by atoms with E-state index in [2.05, 4.69) is 0 Å². The number of fused-ring (bicyclic) bond motifs is 2. The van der Waals surface area contributed by atoms with E-state index >= 15 is 0 Å². The zero-order valence-electron chi connectivity index (χ0n) is 18.1. The van der Waals surface area contributed by atoms with Crippen molar-refractivity contribution in [2.75, 3.05) is 24.5 Å². The standard InChI is InChI=1S/C24H25F3N2O3S/c25-19-7-4-8-20-21(19)23(9-1-2-10-23)16-29(20)22(30)17-5-3-6-18(15-17)33(31,32)28-13-11-24(26,27)12-14-28/h3-8,15H,1-2,9-14,16H2. The van der Waals surface area contributed by atoms with Gasteiger partial charge < -0.3 is 4.90 Å². The van der Waals surface area contributed by atoms with Gasteiger partial charge in [-0.05, 0) is 43.2 Å². The van der Waals surface area contributed by atoms with Crippen LogP contribution in [0.3, 0.4) is 0 Å². The maximum Gasteiger partial charge on any atom is 0.258 e. The highest BCUT2D eigenvalue weighted by molar-refractivity contribution is 7.89. The average molecular weight is 479 g/mol. The van der Waals surface area contributed by atoms with Gasteiger partial charge in [0, 0.05) is 49.0 Å². The molecule has 1 aliphatic carbocycles. The molecule has 9 heteroatoms. The summed E-state index contributed by atoms with van der Waals surface area (Å²) in [5.74, 6) is -3.57. The molecular weight excluding hydrogens is 453 g/mol. The van der Waals surface area contributed by atoms with E-state index in [1.54, 1.807) is 17.0 Å². The molecule has 0 atom stereocenters. The number of piperidine rings is 1. The van der Waals surface area contributed by atoms with Gasteiger partial charge in [-0.3, -0.25) is 4.79 Å². The van der Waals surface area contributed by atoms with E-state index in [9.17, 15) is 26.4 Å². The number of hydrogen-bond acceptors (Lipinski definition) is 3. The molecule has 0 unspecified atom stereocenters. The number of carbonyl (C=O) groups excluding carboxylic acids is 1. The Balaban J connectivity index is 1.45. The van der Waals surface area contributed by atoms with E-state index in [0.29, 0.717) is 17.8 Å². The fraction of sp³-hybridized carbons (Fsp3) is 0.458. The molecule has 2 aromatic carbocycles. The number of hydrogen-bond donors (Lipinski definition) is 0. The van der Waals surface area contributed by atoms with Crippen molar-refractivity contribution in [3.8, 4) is 0 Å². The summed E-state index contributed by atoms with van der Waals surface area (Å²) in [6.07, 6.45) is 2.50. The zero-order chi connectivity index (χ0) is 23.4. The molecule has 5 nitrogen and oxygen atoms in total. The molecule has 1 amide bonds. The molecule has 2 aliphatic heterocycles. The van der Waals surface area contributed by atoms with Crippen molar-refractivity contribution in [3.05, 3.63) is 59.4 Å². The third kappa shape index (κ3) is 3.75. The van der Waals surface area contributed by atoms with Crippen LogP contribution in [0, 0.1) is 5.82 Å². The van der Waals surface area contributed by atoms with Crippen LogP contribution < -0.4 is 4.90 Å². The first-order valence-corrected chi connectivity index (χ1v) is 12.7. The molecule has 0 N–H and O–H groups in total. The van der Waals surface area contributed by atoms with Gasteiger partial charge in [-0.2, -0.15) is 4.31 Å². The van der Waals surface area contributed by atoms with Gasteiger partial charge in [0.25, 0.3) is 11.8 Å². The Morgan fingerprint density at radius 3 is 2.30 bits per heavy atom. The normalized spacial score (nSPS) is 22.0. The summed E-state index contributed by atoms with van der Waals surface area (Å²) in [5, 5.41) is 0. The monoisotopic (exact) mass is 478 g/mol. The average Bonchev–Trinajstić information content (AvgIpc) is 3.39. The number of alkyl halides is 2. The van der Waals surface area contributed by atoms with Gasteiger partial charge in [0.2, 0.25) is 10.0 Å². The quantitative estimate of drug-likeness (QED) is 0.642. The van der Waals surface area contributed by atoms with Crippen LogP contribution in [0.4, 0.5) is 18.9 Å². The van der Waals surface area contributed by atoms with E-state index in [0.717, 1.165) is 30.0 Å². The molecular formula is C24H25F3N2O3S. The van der Waals surface area contributed by atoms with Crippen LogP contribution in [0.5, 0.6) is 0 Å². The zero-order valence-corrected chi connectivity index (χ0v) is 18.9. The van der Waals surface area contributed by atoms with Crippen molar-refractivity contribution in [3.63, 3.8) is 0 Å². The molecule has 1 spiro atoms. The van der Waals surface area contributed by atoms with Crippen LogP contribution in [0.15, 0.2) is 47.4 Å². The van der Waals surface area contributed by atoms with Gasteiger partial charge in [-0.1, -0.05) is 25.0 Å². The lowest BCUT2D eigenvalue weighted by Gasteiger charge is -2.31. The number of rotatable bonds is 3. The molecule has 1 saturated carbocycles. The van der Waals surface area contributed by atoms with Crippen LogP contribution in [-0.2, 0) is 15.4 Å². The molecule has 0 aromatic heterocycles. The summed E-state index contributed by atoms with van der Waals surface area (Å²) in [4.78, 5) is 14.9. The Kier molecular flexibility index (Phi) is 5.32. The first-order chi connectivity index (χ1) is 15.6. The van der Waals surface area contributed by atoms with Crippen LogP contribution in [0.1, 0.15) is 54.4 Å². The minimum absolute atomic E-state index is 0.104. The number of amides is 1. The predicted octanol–water partition coefficient (Wildman–Crippen LogP) is 4.72. The maximum atomic E-state index is 14.8. The summed E-state index contributed by atoms with van der Waals surface area (Å²) < 4.78 is 68.9. The third-order valence-electron chi connectivity index (χ3n) is 7.25. The number of anilines is 1. The van der Waals surface area contributed by atoms with Gasteiger partial charge in [0.1, 0.15) is 5.82 Å². The second-order valence-electron chi connectivity index (χ2n) is 9.30. The van der Waals surface area contributed by atoms with Crippen molar-refractivity contribution in [2.24, 2.45) is 0 Å². The summed E-state index contributed by atoms with van der Waals surface area (Å²) in [5.41, 5.74) is 0.880. The predicted molar refractivity (Wildman–Crippen MR) is 118 cm³/mol. The molecule has 1 saturated heterocycles. The van der Waals surface area contributed by atoms with Gasteiger partial charge in [0.05, 0.1) is 10.6 Å². The topological polar surface area (TPSA) is 57.7 Å². The Bertz CT molecular complexity index is 1200. The van der Waals surface area contributed by atoms with Crippen molar-refractivity contribution in [1.82, 2.24) is 4.31 Å². The van der Waals surface area contributed by atoms with Crippen molar-refractivity contribution >= 4 is 21.6 Å². The molecule has 2 fully saturated rings. The third-order valence-corrected chi connectivity index (χ3v) is 9.15. The molecule has 2 aromatic rings. The molecule has 0 bridgehead atoms. The second-order valence-corrected chi connectivity index (χ2v) is 11.2. The Morgan fingerprint density at radius 2 is 1.61 bits per heavy atom. The van der Waals surface area contributed by atoms with Crippen molar-refractivity contribution in [1.29, 1.82) is 0 Å². The molecule has 0 radical (unpaired) electrons. The van der Waals surface area contributed by atoms with Crippen molar-refractivity contribution < 1.29 is 26.4 Å². The van der Waals surface area contributed by atoms with Crippen LogP contribution >= 0.6 is 0 Å². The maximum absolute atomic E-state index is 14.8. The summed E-state index contributed by atoms with van der Waals surface area (Å²) in [7, 11) is -4.01. The van der Waals surface area contributed by atoms with Gasteiger partial charge >= 0.3 is 0 Å². The first-order valence-electron chi connectivity index (χ1n) is 11.2. The lowest BCUT2D eigenvalue weighted by atomic mass is 9.80. The number of benzene rings is 2. The number of carbonyl (C=O) groups is 1. The molecule has 33 heavy (non-hydrogen) atoms. The van der Waals surface area contributed by atoms with Gasteiger partial charge in [-0.25, -0.2) is 21.6 Å². The van der Waals surface area contributed by atoms with E-state index < -0.39 is 40.1 Å². The van der Waals surface area contributed by atoms with E-state index in [4.69, 9.17) is 0 Å². The van der Waals surface area contributed by atoms with Gasteiger partial charge in [-0.15, -0.1) is 0 Å². The summed E-state index contributed by atoms with van der Waals surface area (Å²) >= 11 is 0. The summed E-state index contributed by atoms with van der Waals surface area (Å²) in [6.45, 7) is -0.177. The minimum atomic E-state index is -4.01. The lowest BCUT2D eigenvalue weighted by molar-refractivity contribution is -0.0412. The van der Waals surface area contributed by atoms with Crippen LogP contribution in [0.2, 0.25) is 0 Å². The first kappa shape index (κ1) is 22.4. The highest BCUT2D eigenvalue weighted by atomic mass is 32.2. The minimum Gasteiger partial charge on any atom is -0.307 e. The fourth-order valence-corrected chi connectivity index (χ4v) is 7.01. The number of sulfonamides is 1. The Morgan fingerprint density at radius 1 is 0.939 bits per heavy atom. The molecule has 5 rings (SSSR count). The molecule has 176 valence electrons. The summed E-state index contributed by atoms with van der Waals surface area (Å²) in [6, 6.07) is 10.4. The largest absolute Gasteiger partial charge is 0.307 e. The molecule has 3 aliphatic rings. The Labute approximate surface area is 191 Å². The van der Waals surface area contributed by atoms with E-state index in [1.807, 2.05) is 0 Å². The fourth-order valence-electron chi connectivity index (χ4n) is 5.52. The Hall–Kier alpha value is -2.39. The van der Waals surface area contributed by atoms with Gasteiger partial charge in [0.15, 0.2) is 0 Å². The highest BCUT2D eigenvalue weighted by Crippen LogP contribution is 2.51. The van der Waals surface area contributed by atoms with Crippen molar-refractivity contribution in [2.45, 2.75) is 54.8 Å². The van der Waals surface area contributed by atoms with Crippen LogP contribution in [0.25, 0.3) is 0 Å².